The van der Waals surface area contributed by atoms with Gasteiger partial charge in [0.15, 0.2) is 17.6 Å². The normalized spacial score (nSPS) is 25.0. The molecule has 0 saturated carbocycles. The molecule has 1 aliphatic carbocycles. The summed E-state index contributed by atoms with van der Waals surface area (Å²) in [4.78, 5) is 38.9. The summed E-state index contributed by atoms with van der Waals surface area (Å²) < 4.78 is 1.81. The molecular weight excluding hydrogens is 512 g/mol. The van der Waals surface area contributed by atoms with Crippen LogP contribution in [0.25, 0.3) is 5.57 Å². The van der Waals surface area contributed by atoms with Gasteiger partial charge in [0.25, 0.3) is 0 Å². The molecule has 7 N–H and O–H groups in total. The Bertz CT molecular complexity index is 1670. The van der Waals surface area contributed by atoms with Crippen LogP contribution in [0.2, 0.25) is 0 Å². The lowest BCUT2D eigenvalue weighted by atomic mass is 9.71. The van der Waals surface area contributed by atoms with E-state index < -0.39 is 17.4 Å². The van der Waals surface area contributed by atoms with Crippen molar-refractivity contribution in [1.82, 2.24) is 9.55 Å². The van der Waals surface area contributed by atoms with Crippen molar-refractivity contribution in [3.8, 4) is 5.75 Å². The smallest absolute Gasteiger partial charge is 0.362 e. The molecule has 5 aliphatic rings. The number of phenolic OH excluding ortho intramolecular Hbond substituents is 1. The van der Waals surface area contributed by atoms with E-state index in [0.29, 0.717) is 22.8 Å². The maximum absolute atomic E-state index is 12.9. The molecule has 1 aromatic heterocycles. The molecule has 1 saturated heterocycles. The minimum Gasteiger partial charge on any atom is -0.504 e. The van der Waals surface area contributed by atoms with E-state index >= 15 is 0 Å². The Morgan fingerprint density at radius 1 is 1.46 bits per heavy atom. The molecule has 2 bridgehead atoms. The van der Waals surface area contributed by atoms with E-state index in [1.165, 1.54) is 11.8 Å². The molecule has 7 rings (SSSR count). The van der Waals surface area contributed by atoms with Crippen molar-refractivity contribution in [2.24, 2.45) is 12.0 Å². The van der Waals surface area contributed by atoms with Crippen LogP contribution in [0.1, 0.15) is 24.1 Å². The van der Waals surface area contributed by atoms with Gasteiger partial charge >= 0.3 is 5.97 Å². The first-order valence-corrected chi connectivity index (χ1v) is 13.7. The average molecular weight is 537 g/mol. The number of carbonyl (C=O) groups is 2. The zero-order valence-corrected chi connectivity index (χ0v) is 21.5. The van der Waals surface area contributed by atoms with Gasteiger partial charge in [-0.25, -0.2) is 14.8 Å². The van der Waals surface area contributed by atoms with Gasteiger partial charge in [-0.05, 0) is 24.1 Å². The van der Waals surface area contributed by atoms with Gasteiger partial charge in [0.05, 0.1) is 45.7 Å². The van der Waals surface area contributed by atoms with Crippen LogP contribution >= 0.6 is 23.5 Å². The van der Waals surface area contributed by atoms with Crippen LogP contribution < -0.4 is 26.6 Å². The van der Waals surface area contributed by atoms with Gasteiger partial charge in [-0.3, -0.25) is 9.79 Å². The second-order valence-corrected chi connectivity index (χ2v) is 12.2. The van der Waals surface area contributed by atoms with Crippen LogP contribution in [0.3, 0.4) is 0 Å². The Hall–Kier alpha value is -3.35. The molecule has 2 aromatic rings. The topological polar surface area (TPSA) is 158 Å². The van der Waals surface area contributed by atoms with E-state index in [0.717, 1.165) is 50.2 Å². The number of carboxylic acids is 1. The van der Waals surface area contributed by atoms with Crippen molar-refractivity contribution < 1.29 is 30.5 Å². The van der Waals surface area contributed by atoms with Crippen molar-refractivity contribution in [2.75, 3.05) is 11.9 Å². The third-order valence-electron chi connectivity index (χ3n) is 7.71. The summed E-state index contributed by atoms with van der Waals surface area (Å²) in [5.74, 6) is -0.930. The number of aryl methyl sites for hydroxylation is 1. The van der Waals surface area contributed by atoms with Gasteiger partial charge in [0.1, 0.15) is 17.3 Å². The number of imidazole rings is 1. The third kappa shape index (κ3) is 3.09. The minimum absolute atomic E-state index is 0.0262. The average Bonchev–Trinajstić information content (AvgIpc) is 3.53. The molecule has 37 heavy (non-hydrogen) atoms. The number of aliphatic carboxylic acids is 1. The largest absolute Gasteiger partial charge is 0.504 e. The first kappa shape index (κ1) is 22.8. The number of carbonyl (C=O) groups excluding carboxylic acids is 1. The number of ketones is 1. The number of fused-ring (bicyclic) bond motifs is 3. The van der Waals surface area contributed by atoms with Crippen LogP contribution in [-0.2, 0) is 28.5 Å². The fraction of sp³-hybridized carbons (Fsp3) is 0.320. The summed E-state index contributed by atoms with van der Waals surface area (Å²) >= 11 is 3.02. The highest BCUT2D eigenvalue weighted by Gasteiger charge is 2.57. The summed E-state index contributed by atoms with van der Waals surface area (Å²) in [6.45, 7) is 0.756. The number of benzene rings is 1. The number of hydrogen-bond donors (Lipinski definition) is 5. The second kappa shape index (κ2) is 7.83. The number of rotatable bonds is 5. The van der Waals surface area contributed by atoms with Gasteiger partial charge in [-0.15, -0.1) is 11.8 Å². The number of aromatic hydroxyl groups is 1. The zero-order valence-electron chi connectivity index (χ0n) is 19.9. The van der Waals surface area contributed by atoms with E-state index in [2.05, 4.69) is 26.0 Å². The highest BCUT2D eigenvalue weighted by molar-refractivity contribution is 8.05. The summed E-state index contributed by atoms with van der Waals surface area (Å²) in [5.41, 5.74) is 7.16. The molecule has 10 nitrogen and oxygen atoms in total. The lowest BCUT2D eigenvalue weighted by Crippen LogP contribution is -2.83. The molecule has 3 atom stereocenters. The van der Waals surface area contributed by atoms with Crippen LogP contribution in [0.4, 0.5) is 11.4 Å². The van der Waals surface area contributed by atoms with Gasteiger partial charge in [-0.2, -0.15) is 0 Å². The van der Waals surface area contributed by atoms with Crippen molar-refractivity contribution in [3.63, 3.8) is 0 Å². The molecule has 0 radical (unpaired) electrons. The monoisotopic (exact) mass is 536 g/mol. The summed E-state index contributed by atoms with van der Waals surface area (Å²) in [6.07, 6.45) is 8.64. The molecule has 0 unspecified atom stereocenters. The number of allylic oxidation sites excluding steroid dienone is 4. The summed E-state index contributed by atoms with van der Waals surface area (Å²) in [7, 11) is 1.83. The Morgan fingerprint density at radius 3 is 3.11 bits per heavy atom. The number of nitrogens with zero attached hydrogens (tertiary/aromatic N) is 3. The first-order chi connectivity index (χ1) is 17.8. The standard InChI is InChI=1S/C25H22N6O4S2/c1-31-9-29-23(13(31)6-12(26)24(34)35)37-15-5-11(32)4-14-25(15)7-16(36-14)30-21-18(25)19-17-10(2-3-27-19)8-28-20(17)22(21)33/h4-5,8-9,12,16,30,33H,2-3,6-7,26H2,1H3,(H,34,35)/p+2/t12-,16-,25-/m0/s1. The lowest BCUT2D eigenvalue weighted by Gasteiger charge is -2.38. The molecule has 188 valence electrons. The zero-order chi connectivity index (χ0) is 25.6. The molecule has 5 heterocycles. The number of quaternary nitrogens is 1. The number of hydrogen-bond acceptors (Lipinski definition) is 8. The molecule has 1 spiro atoms. The van der Waals surface area contributed by atoms with Crippen LogP contribution in [0, 0.1) is 0 Å². The Kier molecular flexibility index (Phi) is 4.83. The first-order valence-electron chi connectivity index (χ1n) is 12.0. The molecular formula is C25H24N6O4S2+2. The predicted molar refractivity (Wildman–Crippen MR) is 138 cm³/mol. The van der Waals surface area contributed by atoms with Crippen molar-refractivity contribution in [1.29, 1.82) is 0 Å². The van der Waals surface area contributed by atoms with Crippen LogP contribution in [-0.4, -0.2) is 55.7 Å². The number of aliphatic imine (C=N–C) groups is 1. The fourth-order valence-electron chi connectivity index (χ4n) is 5.98. The molecule has 1 fully saturated rings. The number of aromatic nitrogens is 2. The predicted octanol–water partition coefficient (Wildman–Crippen LogP) is -1.40. The molecule has 0 amide bonds. The number of anilines is 1. The van der Waals surface area contributed by atoms with Crippen molar-refractivity contribution in [3.05, 3.63) is 50.1 Å². The Morgan fingerprint density at radius 2 is 2.30 bits per heavy atom. The SMILES string of the molecule is Cn1cnc(SC2=CC(=O)C=C3S[C@H]4C[C@@]23c2c(c(O)c3c5c2=[NH+]CCC=5C=N3)N4)c1C[C@H]([NH3+])C(=O)O. The maximum atomic E-state index is 12.9. The maximum Gasteiger partial charge on any atom is 0.362 e. The van der Waals surface area contributed by atoms with E-state index in [4.69, 9.17) is 0 Å². The lowest BCUT2D eigenvalue weighted by molar-refractivity contribution is -0.501. The van der Waals surface area contributed by atoms with E-state index in [1.807, 2.05) is 17.8 Å². The van der Waals surface area contributed by atoms with E-state index in [-0.39, 0.29) is 23.3 Å². The Labute approximate surface area is 219 Å². The number of thioether (sulfide) groups is 2. The summed E-state index contributed by atoms with van der Waals surface area (Å²) in [5, 5.41) is 26.8. The molecule has 4 aliphatic heterocycles. The number of carboxylic acid groups (broad SMARTS) is 1. The number of nitrogens with one attached hydrogen (secondary N) is 2. The third-order valence-corrected chi connectivity index (χ3v) is 10.2. The van der Waals surface area contributed by atoms with Gasteiger partial charge < -0.3 is 25.8 Å². The molecule has 1 aromatic carbocycles. The van der Waals surface area contributed by atoms with E-state index in [1.54, 1.807) is 30.2 Å². The van der Waals surface area contributed by atoms with Crippen LogP contribution in [0.5, 0.6) is 5.75 Å². The Balaban J connectivity index is 1.44. The quantitative estimate of drug-likeness (QED) is 0.292. The van der Waals surface area contributed by atoms with Gasteiger partial charge in [-0.1, -0.05) is 11.8 Å². The summed E-state index contributed by atoms with van der Waals surface area (Å²) in [6, 6.07) is -0.821. The highest BCUT2D eigenvalue weighted by atomic mass is 32.2. The van der Waals surface area contributed by atoms with Crippen molar-refractivity contribution >= 4 is 58.4 Å². The highest BCUT2D eigenvalue weighted by Crippen LogP contribution is 2.65. The molecule has 12 heteroatoms. The second-order valence-electron chi connectivity index (χ2n) is 9.89. The number of phenols is 1. The van der Waals surface area contributed by atoms with Crippen molar-refractivity contribution in [2.45, 2.75) is 41.1 Å². The van der Waals surface area contributed by atoms with Crippen LogP contribution in [0.15, 0.2) is 38.3 Å². The van der Waals surface area contributed by atoms with E-state index in [9.17, 15) is 19.8 Å². The van der Waals surface area contributed by atoms with Gasteiger partial charge in [0.2, 0.25) is 5.36 Å². The fourth-order valence-corrected chi connectivity index (χ4v) is 8.84. The van der Waals surface area contributed by atoms with Gasteiger partial charge in [0, 0.05) is 29.5 Å². The minimum atomic E-state index is -0.973.